The minimum absolute atomic E-state index is 0.0558. The molecule has 146 valence electrons. The summed E-state index contributed by atoms with van der Waals surface area (Å²) < 4.78 is 0. The number of hydrogen-bond acceptors (Lipinski definition) is 2. The Balaban J connectivity index is 1.32. The predicted octanol–water partition coefficient (Wildman–Crippen LogP) is 3.44. The van der Waals surface area contributed by atoms with Crippen molar-refractivity contribution in [3.8, 4) is 0 Å². The van der Waals surface area contributed by atoms with Crippen molar-refractivity contribution in [3.63, 3.8) is 0 Å². The molecule has 2 amide bonds. The lowest BCUT2D eigenvalue weighted by Crippen LogP contribution is -2.48. The molecule has 2 aromatic rings. The summed E-state index contributed by atoms with van der Waals surface area (Å²) in [7, 11) is 0. The maximum atomic E-state index is 13.1. The zero-order chi connectivity index (χ0) is 19.3. The number of nitrogens with zero attached hydrogens (tertiary/aromatic N) is 2. The van der Waals surface area contributed by atoms with Gasteiger partial charge in [-0.1, -0.05) is 54.6 Å². The fourth-order valence-corrected chi connectivity index (χ4v) is 4.39. The Morgan fingerprint density at radius 2 is 1.71 bits per heavy atom. The first kappa shape index (κ1) is 18.7. The molecule has 1 saturated heterocycles. The molecule has 0 radical (unpaired) electrons. The Kier molecular flexibility index (Phi) is 5.75. The van der Waals surface area contributed by atoms with Gasteiger partial charge in [0.25, 0.3) is 0 Å². The maximum absolute atomic E-state index is 13.1. The molecule has 1 atom stereocenters. The van der Waals surface area contributed by atoms with E-state index in [9.17, 15) is 9.59 Å². The van der Waals surface area contributed by atoms with Crippen molar-refractivity contribution >= 4 is 11.8 Å². The van der Waals surface area contributed by atoms with Crippen LogP contribution in [0.3, 0.4) is 0 Å². The van der Waals surface area contributed by atoms with Crippen LogP contribution in [0.2, 0.25) is 0 Å². The lowest BCUT2D eigenvalue weighted by molar-refractivity contribution is -0.143. The molecule has 2 heterocycles. The van der Waals surface area contributed by atoms with Crippen LogP contribution in [0.1, 0.15) is 36.0 Å². The zero-order valence-electron chi connectivity index (χ0n) is 16.3. The van der Waals surface area contributed by atoms with Crippen LogP contribution in [0, 0.1) is 5.92 Å². The van der Waals surface area contributed by atoms with Gasteiger partial charge in [-0.2, -0.15) is 0 Å². The van der Waals surface area contributed by atoms with E-state index in [2.05, 4.69) is 30.3 Å². The summed E-state index contributed by atoms with van der Waals surface area (Å²) in [6.45, 7) is 2.80. The van der Waals surface area contributed by atoms with E-state index in [-0.39, 0.29) is 17.7 Å². The second kappa shape index (κ2) is 8.59. The molecule has 0 saturated carbocycles. The van der Waals surface area contributed by atoms with Crippen molar-refractivity contribution < 1.29 is 9.59 Å². The molecule has 1 fully saturated rings. The van der Waals surface area contributed by atoms with E-state index in [0.717, 1.165) is 32.4 Å². The van der Waals surface area contributed by atoms with Crippen molar-refractivity contribution in [3.05, 3.63) is 71.3 Å². The van der Waals surface area contributed by atoms with Crippen LogP contribution in [0.5, 0.6) is 0 Å². The van der Waals surface area contributed by atoms with Gasteiger partial charge in [-0.15, -0.1) is 0 Å². The molecule has 0 aromatic heterocycles. The van der Waals surface area contributed by atoms with Crippen LogP contribution in [0.15, 0.2) is 54.6 Å². The molecule has 28 heavy (non-hydrogen) atoms. The van der Waals surface area contributed by atoms with Crippen LogP contribution >= 0.6 is 0 Å². The van der Waals surface area contributed by atoms with Gasteiger partial charge in [-0.3, -0.25) is 9.59 Å². The fourth-order valence-electron chi connectivity index (χ4n) is 4.39. The van der Waals surface area contributed by atoms with E-state index < -0.39 is 0 Å². The third-order valence-corrected chi connectivity index (χ3v) is 6.03. The van der Waals surface area contributed by atoms with Crippen LogP contribution in [-0.4, -0.2) is 41.2 Å². The number of rotatable bonds is 5. The fraction of sp³-hybridized carbons (Fsp3) is 0.417. The van der Waals surface area contributed by atoms with Crippen LogP contribution in [0.25, 0.3) is 0 Å². The molecule has 4 nitrogen and oxygen atoms in total. The zero-order valence-corrected chi connectivity index (χ0v) is 16.3. The molecule has 2 aromatic carbocycles. The van der Waals surface area contributed by atoms with Gasteiger partial charge in [0.05, 0.1) is 5.92 Å². The summed E-state index contributed by atoms with van der Waals surface area (Å²) in [5.74, 6) is 0.357. The average molecular weight is 377 g/mol. The smallest absolute Gasteiger partial charge is 0.227 e. The molecular weight excluding hydrogens is 348 g/mol. The lowest BCUT2D eigenvalue weighted by Gasteiger charge is -2.36. The number of carbonyl (C=O) groups is 2. The van der Waals surface area contributed by atoms with Gasteiger partial charge in [0.15, 0.2) is 0 Å². The quantitative estimate of drug-likeness (QED) is 0.802. The Labute approximate surface area is 167 Å². The Bertz CT molecular complexity index is 834. The highest BCUT2D eigenvalue weighted by atomic mass is 16.2. The summed E-state index contributed by atoms with van der Waals surface area (Å²) in [6, 6.07) is 18.8. The van der Waals surface area contributed by atoms with Gasteiger partial charge in [-0.05, 0) is 42.4 Å². The maximum Gasteiger partial charge on any atom is 0.227 e. The largest absolute Gasteiger partial charge is 0.342 e. The number of likely N-dealkylation sites (tertiary alicyclic amines) is 1. The van der Waals surface area contributed by atoms with Gasteiger partial charge in [0, 0.05) is 32.6 Å². The summed E-state index contributed by atoms with van der Waals surface area (Å²) in [6.07, 6.45) is 4.01. The first-order chi connectivity index (χ1) is 13.7. The van der Waals surface area contributed by atoms with Crippen molar-refractivity contribution in [1.29, 1.82) is 0 Å². The van der Waals surface area contributed by atoms with E-state index >= 15 is 0 Å². The van der Waals surface area contributed by atoms with Crippen molar-refractivity contribution in [2.24, 2.45) is 5.92 Å². The molecule has 2 aliphatic heterocycles. The number of fused-ring (bicyclic) bond motifs is 1. The molecule has 2 aliphatic rings. The number of aryl methyl sites for hydroxylation is 1. The van der Waals surface area contributed by atoms with Crippen LogP contribution in [-0.2, 0) is 29.0 Å². The molecule has 0 spiro atoms. The minimum Gasteiger partial charge on any atom is -0.342 e. The standard InChI is InChI=1S/C24H28N2O2/c27-23-13-12-22(18-25(23)15-6-9-19-7-2-1-3-8-19)24(28)26-16-14-20-10-4-5-11-21(20)17-26/h1-5,7-8,10-11,22H,6,9,12-18H2/t22-/m0/s1. The van der Waals surface area contributed by atoms with E-state index in [1.807, 2.05) is 34.1 Å². The number of amides is 2. The number of piperidine rings is 1. The summed E-state index contributed by atoms with van der Waals surface area (Å²) in [5.41, 5.74) is 3.91. The van der Waals surface area contributed by atoms with Gasteiger partial charge in [0.2, 0.25) is 11.8 Å². The first-order valence-corrected chi connectivity index (χ1v) is 10.4. The molecule has 0 bridgehead atoms. The normalized spacial score (nSPS) is 19.4. The van der Waals surface area contributed by atoms with Crippen LogP contribution in [0.4, 0.5) is 0 Å². The summed E-state index contributed by atoms with van der Waals surface area (Å²) in [5, 5.41) is 0. The second-order valence-electron chi connectivity index (χ2n) is 7.94. The average Bonchev–Trinajstić information content (AvgIpc) is 2.75. The SMILES string of the molecule is O=C1CC[C@H](C(=O)N2CCc3ccccc3C2)CN1CCCc1ccccc1. The van der Waals surface area contributed by atoms with E-state index in [1.165, 1.54) is 16.7 Å². The van der Waals surface area contributed by atoms with E-state index in [4.69, 9.17) is 0 Å². The molecular formula is C24H28N2O2. The predicted molar refractivity (Wildman–Crippen MR) is 110 cm³/mol. The molecule has 4 rings (SSSR count). The molecule has 0 aliphatic carbocycles. The number of benzene rings is 2. The Morgan fingerprint density at radius 3 is 2.54 bits per heavy atom. The molecule has 0 N–H and O–H groups in total. The van der Waals surface area contributed by atoms with Gasteiger partial charge in [0.1, 0.15) is 0 Å². The monoisotopic (exact) mass is 376 g/mol. The first-order valence-electron chi connectivity index (χ1n) is 10.4. The van der Waals surface area contributed by atoms with Crippen molar-refractivity contribution in [2.45, 2.75) is 38.6 Å². The van der Waals surface area contributed by atoms with Crippen molar-refractivity contribution in [1.82, 2.24) is 9.80 Å². The van der Waals surface area contributed by atoms with Gasteiger partial charge < -0.3 is 9.80 Å². The van der Waals surface area contributed by atoms with E-state index in [1.54, 1.807) is 0 Å². The number of hydrogen-bond donors (Lipinski definition) is 0. The Morgan fingerprint density at radius 1 is 0.964 bits per heavy atom. The summed E-state index contributed by atoms with van der Waals surface area (Å²) >= 11 is 0. The van der Waals surface area contributed by atoms with Gasteiger partial charge >= 0.3 is 0 Å². The highest BCUT2D eigenvalue weighted by Crippen LogP contribution is 2.24. The van der Waals surface area contributed by atoms with E-state index in [0.29, 0.717) is 25.9 Å². The summed E-state index contributed by atoms with van der Waals surface area (Å²) in [4.78, 5) is 29.3. The third kappa shape index (κ3) is 4.27. The highest BCUT2D eigenvalue weighted by molar-refractivity contribution is 5.84. The Hall–Kier alpha value is -2.62. The van der Waals surface area contributed by atoms with Crippen LogP contribution < -0.4 is 0 Å². The third-order valence-electron chi connectivity index (χ3n) is 6.03. The highest BCUT2D eigenvalue weighted by Gasteiger charge is 2.33. The van der Waals surface area contributed by atoms with Gasteiger partial charge in [-0.25, -0.2) is 0 Å². The minimum atomic E-state index is -0.0558. The number of carbonyl (C=O) groups excluding carboxylic acids is 2. The second-order valence-corrected chi connectivity index (χ2v) is 7.94. The lowest BCUT2D eigenvalue weighted by atomic mass is 9.93. The molecule has 4 heteroatoms. The van der Waals surface area contributed by atoms with Crippen molar-refractivity contribution in [2.75, 3.05) is 19.6 Å². The topological polar surface area (TPSA) is 40.6 Å². The molecule has 0 unspecified atom stereocenters.